The van der Waals surface area contributed by atoms with E-state index in [1.807, 2.05) is 31.2 Å². The Labute approximate surface area is 100 Å². The third kappa shape index (κ3) is 1.40. The molecule has 0 amide bonds. The summed E-state index contributed by atoms with van der Waals surface area (Å²) in [5.74, 6) is 0.316. The Morgan fingerprint density at radius 3 is 2.62 bits per heavy atom. The van der Waals surface area contributed by atoms with Crippen molar-refractivity contribution in [3.05, 3.63) is 29.3 Å². The molecule has 0 unspecified atom stereocenters. The Kier molecular flexibility index (Phi) is 2.15. The molecule has 0 saturated heterocycles. The number of rotatable bonds is 1. The number of aromatic hydroxyl groups is 1. The number of benzene rings is 1. The molecule has 0 bridgehead atoms. The van der Waals surface area contributed by atoms with Crippen LogP contribution in [0.1, 0.15) is 5.01 Å². The van der Waals surface area contributed by atoms with Crippen molar-refractivity contribution in [2.45, 2.75) is 6.92 Å². The molecule has 0 aliphatic heterocycles. The van der Waals surface area contributed by atoms with Crippen LogP contribution in [0, 0.1) is 6.92 Å². The highest BCUT2D eigenvalue weighted by molar-refractivity contribution is 7.26. The lowest BCUT2D eigenvalue weighted by Gasteiger charge is -1.90. The Morgan fingerprint density at radius 2 is 1.94 bits per heavy atom. The van der Waals surface area contributed by atoms with E-state index in [9.17, 15) is 5.11 Å². The average molecular weight is 248 g/mol. The summed E-state index contributed by atoms with van der Waals surface area (Å²) in [5, 5.41) is 20.7. The fourth-order valence-electron chi connectivity index (χ4n) is 1.57. The summed E-state index contributed by atoms with van der Waals surface area (Å²) in [7, 11) is 0. The maximum atomic E-state index is 10.1. The Hall–Kier alpha value is -1.46. The van der Waals surface area contributed by atoms with Crippen LogP contribution in [0.25, 0.3) is 20.0 Å². The molecule has 0 aliphatic rings. The lowest BCUT2D eigenvalue weighted by molar-refractivity contribution is 0.485. The van der Waals surface area contributed by atoms with Crippen LogP contribution in [0.15, 0.2) is 24.3 Å². The smallest absolute Gasteiger partial charge is 0.161 e. The zero-order valence-electron chi connectivity index (χ0n) is 8.47. The van der Waals surface area contributed by atoms with Gasteiger partial charge in [0.2, 0.25) is 0 Å². The normalized spacial score (nSPS) is 11.1. The highest BCUT2D eigenvalue weighted by Crippen LogP contribution is 2.44. The maximum absolute atomic E-state index is 10.1. The van der Waals surface area contributed by atoms with E-state index in [0.29, 0.717) is 5.75 Å². The molecule has 2 heterocycles. The molecule has 16 heavy (non-hydrogen) atoms. The molecular weight excluding hydrogens is 240 g/mol. The van der Waals surface area contributed by atoms with Crippen LogP contribution in [0.4, 0.5) is 0 Å². The molecule has 0 radical (unpaired) electrons. The van der Waals surface area contributed by atoms with Gasteiger partial charge >= 0.3 is 0 Å². The van der Waals surface area contributed by atoms with E-state index < -0.39 is 0 Å². The molecule has 0 spiro atoms. The summed E-state index contributed by atoms with van der Waals surface area (Å²) in [6, 6.07) is 7.80. The van der Waals surface area contributed by atoms with Gasteiger partial charge in [-0.1, -0.05) is 23.5 Å². The van der Waals surface area contributed by atoms with Crippen molar-refractivity contribution < 1.29 is 5.11 Å². The van der Waals surface area contributed by atoms with E-state index in [1.165, 1.54) is 11.3 Å². The number of aryl methyl sites for hydroxylation is 1. The molecule has 1 aromatic carbocycles. The lowest BCUT2D eigenvalue weighted by atomic mass is 10.2. The minimum absolute atomic E-state index is 0.316. The Bertz CT molecular complexity index is 657. The summed E-state index contributed by atoms with van der Waals surface area (Å²) < 4.78 is 1.07. The minimum atomic E-state index is 0.316. The predicted octanol–water partition coefficient (Wildman–Crippen LogP) is 3.43. The highest BCUT2D eigenvalue weighted by Gasteiger charge is 2.15. The van der Waals surface area contributed by atoms with Crippen molar-refractivity contribution >= 4 is 32.8 Å². The largest absolute Gasteiger partial charge is 0.506 e. The predicted molar refractivity (Wildman–Crippen MR) is 67.1 cm³/mol. The van der Waals surface area contributed by atoms with E-state index in [-0.39, 0.29) is 0 Å². The molecule has 3 rings (SSSR count). The summed E-state index contributed by atoms with van der Waals surface area (Å²) in [6.45, 7) is 1.91. The zero-order valence-corrected chi connectivity index (χ0v) is 10.1. The van der Waals surface area contributed by atoms with Gasteiger partial charge < -0.3 is 5.11 Å². The van der Waals surface area contributed by atoms with E-state index in [4.69, 9.17) is 0 Å². The van der Waals surface area contributed by atoms with E-state index >= 15 is 0 Å². The van der Waals surface area contributed by atoms with Crippen molar-refractivity contribution in [3.8, 4) is 15.6 Å². The molecule has 0 aliphatic carbocycles. The van der Waals surface area contributed by atoms with Gasteiger partial charge in [0, 0.05) is 10.1 Å². The number of fused-ring (bicyclic) bond motifs is 1. The van der Waals surface area contributed by atoms with Gasteiger partial charge in [0.25, 0.3) is 0 Å². The van der Waals surface area contributed by atoms with Crippen molar-refractivity contribution in [2.75, 3.05) is 0 Å². The topological polar surface area (TPSA) is 46.0 Å². The molecule has 80 valence electrons. The number of nitrogens with zero attached hydrogens (tertiary/aromatic N) is 2. The van der Waals surface area contributed by atoms with Gasteiger partial charge in [-0.3, -0.25) is 0 Å². The fourth-order valence-corrected chi connectivity index (χ4v) is 3.42. The fraction of sp³-hybridized carbons (Fsp3) is 0.0909. The van der Waals surface area contributed by atoms with E-state index in [1.54, 1.807) is 11.3 Å². The molecular formula is C11H8N2OS2. The standard InChI is InChI=1S/C11H8N2OS2/c1-6-12-13-11(15-6)10-9(14)7-4-2-3-5-8(7)16-10/h2-5,14H,1H3. The summed E-state index contributed by atoms with van der Waals surface area (Å²) in [5.41, 5.74) is 0. The second kappa shape index (κ2) is 3.54. The SMILES string of the molecule is Cc1nnc(-c2sc3ccccc3c2O)s1. The van der Waals surface area contributed by atoms with Gasteiger partial charge in [-0.25, -0.2) is 0 Å². The third-order valence-corrected chi connectivity index (χ3v) is 4.44. The second-order valence-electron chi connectivity index (χ2n) is 3.40. The van der Waals surface area contributed by atoms with Gasteiger partial charge in [0.1, 0.15) is 15.6 Å². The van der Waals surface area contributed by atoms with Gasteiger partial charge in [-0.2, -0.15) is 0 Å². The number of thiophene rings is 1. The molecule has 0 atom stereocenters. The first-order valence-corrected chi connectivity index (χ1v) is 6.40. The molecule has 3 nitrogen and oxygen atoms in total. The monoisotopic (exact) mass is 248 g/mol. The first-order chi connectivity index (χ1) is 7.75. The average Bonchev–Trinajstić information content (AvgIpc) is 2.84. The number of hydrogen-bond acceptors (Lipinski definition) is 5. The van der Waals surface area contributed by atoms with Gasteiger partial charge in [-0.15, -0.1) is 21.5 Å². The number of hydrogen-bond donors (Lipinski definition) is 1. The first-order valence-electron chi connectivity index (χ1n) is 4.76. The molecule has 5 heteroatoms. The summed E-state index contributed by atoms with van der Waals surface area (Å²) in [4.78, 5) is 0.812. The van der Waals surface area contributed by atoms with Crippen molar-refractivity contribution in [3.63, 3.8) is 0 Å². The third-order valence-electron chi connectivity index (χ3n) is 2.29. The number of aromatic nitrogens is 2. The molecule has 0 saturated carbocycles. The molecule has 0 fully saturated rings. The van der Waals surface area contributed by atoms with Crippen LogP contribution in [-0.4, -0.2) is 15.3 Å². The quantitative estimate of drug-likeness (QED) is 0.717. The van der Waals surface area contributed by atoms with Gasteiger partial charge in [0.05, 0.1) is 0 Å². The lowest BCUT2D eigenvalue weighted by Crippen LogP contribution is -1.72. The van der Waals surface area contributed by atoms with Crippen LogP contribution in [0.3, 0.4) is 0 Å². The van der Waals surface area contributed by atoms with E-state index in [2.05, 4.69) is 10.2 Å². The molecule has 3 aromatic rings. The van der Waals surface area contributed by atoms with Crippen LogP contribution >= 0.6 is 22.7 Å². The van der Waals surface area contributed by atoms with Crippen LogP contribution < -0.4 is 0 Å². The Morgan fingerprint density at radius 1 is 1.12 bits per heavy atom. The van der Waals surface area contributed by atoms with Crippen molar-refractivity contribution in [1.82, 2.24) is 10.2 Å². The van der Waals surface area contributed by atoms with Gasteiger partial charge in [0.15, 0.2) is 5.01 Å². The zero-order chi connectivity index (χ0) is 11.1. The van der Waals surface area contributed by atoms with Crippen LogP contribution in [0.2, 0.25) is 0 Å². The van der Waals surface area contributed by atoms with E-state index in [0.717, 1.165) is 25.0 Å². The highest BCUT2D eigenvalue weighted by atomic mass is 32.1. The van der Waals surface area contributed by atoms with Crippen molar-refractivity contribution in [2.24, 2.45) is 0 Å². The summed E-state index contributed by atoms with van der Waals surface area (Å²) >= 11 is 3.05. The Balaban J connectivity index is 2.28. The molecule has 2 aromatic heterocycles. The minimum Gasteiger partial charge on any atom is -0.506 e. The van der Waals surface area contributed by atoms with Crippen molar-refractivity contribution in [1.29, 1.82) is 0 Å². The van der Waals surface area contributed by atoms with Gasteiger partial charge in [-0.05, 0) is 19.1 Å². The van der Waals surface area contributed by atoms with Crippen LogP contribution in [-0.2, 0) is 0 Å². The molecule has 1 N–H and O–H groups in total. The van der Waals surface area contributed by atoms with Crippen LogP contribution in [0.5, 0.6) is 5.75 Å². The first kappa shape index (κ1) is 9.74. The second-order valence-corrected chi connectivity index (χ2v) is 5.64. The maximum Gasteiger partial charge on any atom is 0.161 e. The summed E-state index contributed by atoms with van der Waals surface area (Å²) in [6.07, 6.45) is 0.